The Morgan fingerprint density at radius 1 is 0.917 bits per heavy atom. The van der Waals surface area contributed by atoms with E-state index in [0.717, 1.165) is 55.6 Å². The fourth-order valence-electron chi connectivity index (χ4n) is 5.69. The van der Waals surface area contributed by atoms with Crippen LogP contribution in [0.5, 0.6) is 0 Å². The lowest BCUT2D eigenvalue weighted by molar-refractivity contribution is -0.116. The van der Waals surface area contributed by atoms with Crippen LogP contribution < -0.4 is 0 Å². The Morgan fingerprint density at radius 3 is 1.97 bits per heavy atom. The predicted molar refractivity (Wildman–Crippen MR) is 146 cm³/mol. The van der Waals surface area contributed by atoms with Crippen LogP contribution in [0.4, 0.5) is 0 Å². The van der Waals surface area contributed by atoms with Gasteiger partial charge in [-0.15, -0.1) is 0 Å². The van der Waals surface area contributed by atoms with Gasteiger partial charge >= 0.3 is 0 Å². The number of ketones is 1. The lowest BCUT2D eigenvalue weighted by atomic mass is 9.72. The maximum atomic E-state index is 12.6. The van der Waals surface area contributed by atoms with E-state index >= 15 is 0 Å². The zero-order valence-corrected chi connectivity index (χ0v) is 22.0. The van der Waals surface area contributed by atoms with E-state index in [1.165, 1.54) is 0 Å². The van der Waals surface area contributed by atoms with Crippen molar-refractivity contribution in [1.29, 1.82) is 0 Å². The minimum atomic E-state index is -1.00. The third-order valence-electron chi connectivity index (χ3n) is 8.02. The fraction of sp³-hybridized carbons (Fsp3) is 0.469. The maximum absolute atomic E-state index is 12.6. The van der Waals surface area contributed by atoms with Crippen LogP contribution in [0.1, 0.15) is 64.0 Å². The molecule has 0 bridgehead atoms. The molecule has 2 N–H and O–H groups in total. The summed E-state index contributed by atoms with van der Waals surface area (Å²) in [5, 5.41) is 22.8. The van der Waals surface area contributed by atoms with E-state index in [1.54, 1.807) is 0 Å². The lowest BCUT2D eigenvalue weighted by Gasteiger charge is -2.42. The molecule has 1 aliphatic carbocycles. The summed E-state index contributed by atoms with van der Waals surface area (Å²) < 4.78 is 0. The fourth-order valence-corrected chi connectivity index (χ4v) is 5.69. The molecule has 0 spiro atoms. The van der Waals surface area contributed by atoms with Gasteiger partial charge in [-0.1, -0.05) is 99.2 Å². The molecule has 1 heterocycles. The van der Waals surface area contributed by atoms with Crippen molar-refractivity contribution in [1.82, 2.24) is 4.90 Å². The Kier molecular flexibility index (Phi) is 8.29. The summed E-state index contributed by atoms with van der Waals surface area (Å²) in [7, 11) is 0. The van der Waals surface area contributed by atoms with Gasteiger partial charge in [-0.25, -0.2) is 0 Å². The van der Waals surface area contributed by atoms with Crippen molar-refractivity contribution in [3.63, 3.8) is 0 Å². The largest absolute Gasteiger partial charge is 0.388 e. The maximum Gasteiger partial charge on any atom is 0.165 e. The van der Waals surface area contributed by atoms with Gasteiger partial charge in [0, 0.05) is 12.0 Å². The van der Waals surface area contributed by atoms with Crippen LogP contribution in [-0.2, 0) is 10.4 Å². The molecule has 192 valence electrons. The number of Topliss-reactive ketones (excluding diaryl/α,β-unsaturated/α-hetero) is 1. The molecule has 0 aromatic heterocycles. The van der Waals surface area contributed by atoms with Gasteiger partial charge in [-0.05, 0) is 67.8 Å². The van der Waals surface area contributed by atoms with Crippen LogP contribution in [0.25, 0.3) is 0 Å². The Balaban J connectivity index is 1.33. The second kappa shape index (κ2) is 11.2. The summed E-state index contributed by atoms with van der Waals surface area (Å²) >= 11 is 0. The molecular formula is C32H41NO3. The van der Waals surface area contributed by atoms with Crippen molar-refractivity contribution in [2.75, 3.05) is 19.6 Å². The van der Waals surface area contributed by atoms with E-state index in [2.05, 4.69) is 25.7 Å². The number of benzene rings is 2. The van der Waals surface area contributed by atoms with Crippen LogP contribution in [0.2, 0.25) is 0 Å². The van der Waals surface area contributed by atoms with Crippen molar-refractivity contribution in [2.24, 2.45) is 11.3 Å². The van der Waals surface area contributed by atoms with Crippen LogP contribution in [-0.4, -0.2) is 46.6 Å². The molecule has 4 heteroatoms. The van der Waals surface area contributed by atoms with E-state index in [-0.39, 0.29) is 17.1 Å². The molecule has 2 aliphatic rings. The number of rotatable bonds is 8. The number of carbonyl (C=O) groups excluding carboxylic acids is 1. The van der Waals surface area contributed by atoms with E-state index in [1.807, 2.05) is 72.8 Å². The molecule has 1 aliphatic heterocycles. The molecule has 1 fully saturated rings. The zero-order chi connectivity index (χ0) is 25.8. The molecule has 4 nitrogen and oxygen atoms in total. The van der Waals surface area contributed by atoms with Crippen LogP contribution in [0.15, 0.2) is 84.0 Å². The number of hydrogen-bond acceptors (Lipinski definition) is 4. The topological polar surface area (TPSA) is 60.8 Å². The summed E-state index contributed by atoms with van der Waals surface area (Å²) in [4.78, 5) is 15.0. The molecule has 0 saturated carbocycles. The van der Waals surface area contributed by atoms with Crippen molar-refractivity contribution in [3.05, 3.63) is 95.1 Å². The third-order valence-corrected chi connectivity index (χ3v) is 8.02. The van der Waals surface area contributed by atoms with E-state index in [4.69, 9.17) is 0 Å². The quantitative estimate of drug-likeness (QED) is 0.505. The van der Waals surface area contributed by atoms with Gasteiger partial charge in [-0.3, -0.25) is 4.79 Å². The number of aliphatic hydroxyl groups excluding tert-OH is 1. The SMILES string of the molecule is CC(C)(C)C1=CC=C(C(O)CCCN2CCC(C(O)(c3ccccc3)c3ccccc3)CC2)C(=O)C1. The number of aliphatic hydroxyl groups is 2. The molecular weight excluding hydrogens is 446 g/mol. The molecule has 2 aromatic rings. The van der Waals surface area contributed by atoms with Gasteiger partial charge in [-0.2, -0.15) is 0 Å². The van der Waals surface area contributed by atoms with Gasteiger partial charge in [0.1, 0.15) is 5.60 Å². The molecule has 2 aromatic carbocycles. The molecule has 4 rings (SSSR count). The van der Waals surface area contributed by atoms with Gasteiger partial charge < -0.3 is 15.1 Å². The molecule has 1 saturated heterocycles. The van der Waals surface area contributed by atoms with Crippen LogP contribution in [0.3, 0.4) is 0 Å². The van der Waals surface area contributed by atoms with Crippen molar-refractivity contribution in [3.8, 4) is 0 Å². The molecule has 1 unspecified atom stereocenters. The highest BCUT2D eigenvalue weighted by Crippen LogP contribution is 2.42. The molecule has 0 amide bonds. The molecule has 36 heavy (non-hydrogen) atoms. The van der Waals surface area contributed by atoms with Crippen molar-refractivity contribution >= 4 is 5.78 Å². The van der Waals surface area contributed by atoms with Gasteiger partial charge in [0.05, 0.1) is 6.10 Å². The normalized spacial score (nSPS) is 19.1. The first kappa shape index (κ1) is 26.5. The third kappa shape index (κ3) is 5.88. The first-order valence-corrected chi connectivity index (χ1v) is 13.4. The number of nitrogens with zero attached hydrogens (tertiary/aromatic N) is 1. The van der Waals surface area contributed by atoms with Gasteiger partial charge in [0.25, 0.3) is 0 Å². The average molecular weight is 488 g/mol. The zero-order valence-electron chi connectivity index (χ0n) is 22.0. The summed E-state index contributed by atoms with van der Waals surface area (Å²) in [6, 6.07) is 20.1. The Labute approximate surface area is 216 Å². The minimum Gasteiger partial charge on any atom is -0.388 e. The summed E-state index contributed by atoms with van der Waals surface area (Å²) in [6.45, 7) is 9.08. The Bertz CT molecular complexity index is 1030. The summed E-state index contributed by atoms with van der Waals surface area (Å²) in [6.07, 6.45) is 6.81. The summed E-state index contributed by atoms with van der Waals surface area (Å²) in [5.74, 6) is 0.190. The monoisotopic (exact) mass is 487 g/mol. The van der Waals surface area contributed by atoms with E-state index < -0.39 is 11.7 Å². The second-order valence-electron chi connectivity index (χ2n) is 11.4. The number of piperidine rings is 1. The highest BCUT2D eigenvalue weighted by molar-refractivity contribution is 5.99. The summed E-state index contributed by atoms with van der Waals surface area (Å²) in [5.41, 5.74) is 2.55. The number of likely N-dealkylation sites (tertiary alicyclic amines) is 1. The van der Waals surface area contributed by atoms with Crippen LogP contribution in [0, 0.1) is 11.3 Å². The van der Waals surface area contributed by atoms with Crippen LogP contribution >= 0.6 is 0 Å². The second-order valence-corrected chi connectivity index (χ2v) is 11.4. The van der Waals surface area contributed by atoms with Gasteiger partial charge in [0.15, 0.2) is 5.78 Å². The minimum absolute atomic E-state index is 0.0259. The highest BCUT2D eigenvalue weighted by Gasteiger charge is 2.41. The van der Waals surface area contributed by atoms with E-state index in [9.17, 15) is 15.0 Å². The standard InChI is InChI=1S/C32H41NO3/c1-31(2,3)27-16-17-28(30(35)23-27)29(34)15-10-20-33-21-18-26(19-22-33)32(36,24-11-6-4-7-12-24)25-13-8-5-9-14-25/h4-9,11-14,16-17,26,29,34,36H,10,15,18-23H2,1-3H3. The molecule has 1 atom stereocenters. The Morgan fingerprint density at radius 2 is 1.47 bits per heavy atom. The first-order valence-electron chi connectivity index (χ1n) is 13.4. The lowest BCUT2D eigenvalue weighted by Crippen LogP contribution is -2.44. The average Bonchev–Trinajstić information content (AvgIpc) is 2.89. The number of allylic oxidation sites excluding steroid dienone is 3. The Hall–Kier alpha value is -2.53. The number of hydrogen-bond donors (Lipinski definition) is 2. The van der Waals surface area contributed by atoms with Gasteiger partial charge in [0.2, 0.25) is 0 Å². The predicted octanol–water partition coefficient (Wildman–Crippen LogP) is 5.65. The highest BCUT2D eigenvalue weighted by atomic mass is 16.3. The first-order chi connectivity index (χ1) is 17.2. The van der Waals surface area contributed by atoms with Crippen molar-refractivity contribution in [2.45, 2.75) is 64.6 Å². The van der Waals surface area contributed by atoms with E-state index in [0.29, 0.717) is 18.4 Å². The van der Waals surface area contributed by atoms with Crippen molar-refractivity contribution < 1.29 is 15.0 Å². The number of carbonyl (C=O) groups is 1. The molecule has 0 radical (unpaired) electrons. The smallest absolute Gasteiger partial charge is 0.165 e.